The molecular formula is C15H18F2O2S. The van der Waals surface area contributed by atoms with E-state index in [0.29, 0.717) is 12.3 Å². The monoisotopic (exact) mass is 300 g/mol. The van der Waals surface area contributed by atoms with Crippen LogP contribution in [0.2, 0.25) is 0 Å². The predicted octanol–water partition coefficient (Wildman–Crippen LogP) is 4.34. The zero-order valence-electron chi connectivity index (χ0n) is 11.3. The molecule has 0 heterocycles. The van der Waals surface area contributed by atoms with Crippen molar-refractivity contribution in [2.24, 2.45) is 11.8 Å². The molecule has 5 heteroatoms. The Labute approximate surface area is 121 Å². The Hall–Kier alpha value is -1.10. The van der Waals surface area contributed by atoms with Crippen LogP contribution in [0, 0.1) is 23.5 Å². The van der Waals surface area contributed by atoms with E-state index in [2.05, 4.69) is 6.92 Å². The highest BCUT2D eigenvalue weighted by molar-refractivity contribution is 8.00. The standard InChI is InChI=1S/C15H18F2O2S/c1-2-9-3-5-11(15(18)19)13(7-9)20-14-8-10(16)4-6-12(14)17/h4,6,8-9,11,13H,2-3,5,7H2,1H3,(H,18,19). The second-order valence-corrected chi connectivity index (χ2v) is 6.54. The molecule has 1 aliphatic rings. The van der Waals surface area contributed by atoms with Gasteiger partial charge in [0.1, 0.15) is 11.6 Å². The van der Waals surface area contributed by atoms with E-state index in [9.17, 15) is 18.7 Å². The van der Waals surface area contributed by atoms with E-state index in [1.165, 1.54) is 11.8 Å². The Balaban J connectivity index is 2.18. The maximum absolute atomic E-state index is 13.7. The fourth-order valence-electron chi connectivity index (χ4n) is 2.73. The molecule has 1 aromatic carbocycles. The predicted molar refractivity (Wildman–Crippen MR) is 74.8 cm³/mol. The molecule has 3 unspecified atom stereocenters. The SMILES string of the molecule is CCC1CCC(C(=O)O)C(Sc2cc(F)ccc2F)C1. The Morgan fingerprint density at radius 1 is 1.40 bits per heavy atom. The lowest BCUT2D eigenvalue weighted by molar-refractivity contribution is -0.142. The largest absolute Gasteiger partial charge is 0.481 e. The van der Waals surface area contributed by atoms with Gasteiger partial charge in [0.25, 0.3) is 0 Å². The van der Waals surface area contributed by atoms with Gasteiger partial charge in [0.15, 0.2) is 0 Å². The molecule has 0 bridgehead atoms. The van der Waals surface area contributed by atoms with Gasteiger partial charge in [-0.25, -0.2) is 8.78 Å². The maximum atomic E-state index is 13.7. The van der Waals surface area contributed by atoms with Crippen molar-refractivity contribution >= 4 is 17.7 Å². The van der Waals surface area contributed by atoms with E-state index in [1.807, 2.05) is 0 Å². The van der Waals surface area contributed by atoms with Crippen molar-refractivity contribution in [1.82, 2.24) is 0 Å². The molecule has 0 aliphatic heterocycles. The molecule has 1 aliphatic carbocycles. The van der Waals surface area contributed by atoms with E-state index < -0.39 is 23.5 Å². The van der Waals surface area contributed by atoms with Crippen LogP contribution in [-0.4, -0.2) is 16.3 Å². The summed E-state index contributed by atoms with van der Waals surface area (Å²) in [6, 6.07) is 3.31. The summed E-state index contributed by atoms with van der Waals surface area (Å²) in [5.41, 5.74) is 0. The molecule has 1 N–H and O–H groups in total. The van der Waals surface area contributed by atoms with E-state index in [4.69, 9.17) is 0 Å². The summed E-state index contributed by atoms with van der Waals surface area (Å²) in [6.45, 7) is 2.08. The molecule has 2 nitrogen and oxygen atoms in total. The third kappa shape index (κ3) is 3.51. The number of aliphatic carboxylic acids is 1. The smallest absolute Gasteiger partial charge is 0.307 e. The van der Waals surface area contributed by atoms with Crippen LogP contribution in [0.4, 0.5) is 8.78 Å². The highest BCUT2D eigenvalue weighted by Gasteiger charge is 2.35. The van der Waals surface area contributed by atoms with Crippen LogP contribution in [0.25, 0.3) is 0 Å². The molecule has 0 spiro atoms. The van der Waals surface area contributed by atoms with Gasteiger partial charge in [-0.05, 0) is 43.4 Å². The van der Waals surface area contributed by atoms with Crippen LogP contribution in [0.1, 0.15) is 32.6 Å². The summed E-state index contributed by atoms with van der Waals surface area (Å²) >= 11 is 1.17. The average Bonchev–Trinajstić information content (AvgIpc) is 2.42. The van der Waals surface area contributed by atoms with E-state index in [1.54, 1.807) is 0 Å². The third-order valence-corrected chi connectivity index (χ3v) is 5.36. The second-order valence-electron chi connectivity index (χ2n) is 5.26. The van der Waals surface area contributed by atoms with Gasteiger partial charge < -0.3 is 5.11 Å². The van der Waals surface area contributed by atoms with Crippen molar-refractivity contribution in [3.05, 3.63) is 29.8 Å². The van der Waals surface area contributed by atoms with Gasteiger partial charge in [-0.2, -0.15) is 0 Å². The molecule has 3 atom stereocenters. The zero-order valence-corrected chi connectivity index (χ0v) is 12.1. The van der Waals surface area contributed by atoms with Gasteiger partial charge >= 0.3 is 5.97 Å². The fraction of sp³-hybridized carbons (Fsp3) is 0.533. The third-order valence-electron chi connectivity index (χ3n) is 3.97. The van der Waals surface area contributed by atoms with Crippen molar-refractivity contribution in [2.45, 2.75) is 42.8 Å². The minimum absolute atomic E-state index is 0.192. The normalized spacial score (nSPS) is 26.4. The summed E-state index contributed by atoms with van der Waals surface area (Å²) in [4.78, 5) is 11.5. The van der Waals surface area contributed by atoms with Crippen LogP contribution in [0.5, 0.6) is 0 Å². The number of carbonyl (C=O) groups is 1. The molecule has 1 fully saturated rings. The summed E-state index contributed by atoms with van der Waals surface area (Å²) < 4.78 is 26.9. The van der Waals surface area contributed by atoms with Gasteiger partial charge in [0, 0.05) is 10.1 Å². The first kappa shape index (κ1) is 15.3. The number of halogens is 2. The summed E-state index contributed by atoms with van der Waals surface area (Å²) in [5.74, 6) is -1.83. The van der Waals surface area contributed by atoms with Crippen LogP contribution in [0.3, 0.4) is 0 Å². The summed E-state index contributed by atoms with van der Waals surface area (Å²) in [7, 11) is 0. The van der Waals surface area contributed by atoms with Crippen molar-refractivity contribution in [3.63, 3.8) is 0 Å². The molecule has 110 valence electrons. The van der Waals surface area contributed by atoms with Crippen molar-refractivity contribution in [2.75, 3.05) is 0 Å². The first-order valence-corrected chi connectivity index (χ1v) is 7.73. The topological polar surface area (TPSA) is 37.3 Å². The first-order valence-electron chi connectivity index (χ1n) is 6.85. The number of hydrogen-bond acceptors (Lipinski definition) is 2. The van der Waals surface area contributed by atoms with Gasteiger partial charge in [0.2, 0.25) is 0 Å². The lowest BCUT2D eigenvalue weighted by Crippen LogP contribution is -2.32. The average molecular weight is 300 g/mol. The van der Waals surface area contributed by atoms with Gasteiger partial charge in [-0.15, -0.1) is 11.8 Å². The lowest BCUT2D eigenvalue weighted by Gasteiger charge is -2.33. The minimum Gasteiger partial charge on any atom is -0.481 e. The molecule has 0 saturated heterocycles. The molecule has 1 aromatic rings. The Morgan fingerprint density at radius 3 is 2.80 bits per heavy atom. The van der Waals surface area contributed by atoms with Gasteiger partial charge in [-0.3, -0.25) is 4.79 Å². The molecule has 20 heavy (non-hydrogen) atoms. The first-order chi connectivity index (χ1) is 9.51. The highest BCUT2D eigenvalue weighted by Crippen LogP contribution is 2.41. The Morgan fingerprint density at radius 2 is 2.15 bits per heavy atom. The summed E-state index contributed by atoms with van der Waals surface area (Å²) in [6.07, 6.45) is 3.25. The van der Waals surface area contributed by atoms with E-state index >= 15 is 0 Å². The molecule has 1 saturated carbocycles. The van der Waals surface area contributed by atoms with Crippen molar-refractivity contribution < 1.29 is 18.7 Å². The fourth-order valence-corrected chi connectivity index (χ4v) is 4.20. The molecule has 0 aromatic heterocycles. The second kappa shape index (κ2) is 6.57. The minimum atomic E-state index is -0.839. The van der Waals surface area contributed by atoms with Crippen LogP contribution in [-0.2, 0) is 4.79 Å². The number of carboxylic acids is 1. The number of hydrogen-bond donors (Lipinski definition) is 1. The highest BCUT2D eigenvalue weighted by atomic mass is 32.2. The molecule has 0 radical (unpaired) electrons. The quantitative estimate of drug-likeness (QED) is 0.899. The van der Waals surface area contributed by atoms with Crippen molar-refractivity contribution in [1.29, 1.82) is 0 Å². The number of benzene rings is 1. The van der Waals surface area contributed by atoms with Gasteiger partial charge in [0.05, 0.1) is 5.92 Å². The number of rotatable bonds is 4. The molecule has 0 amide bonds. The number of thioether (sulfide) groups is 1. The maximum Gasteiger partial charge on any atom is 0.307 e. The Kier molecular flexibility index (Phi) is 5.02. The zero-order chi connectivity index (χ0) is 14.7. The number of carboxylic acid groups (broad SMARTS) is 1. The van der Waals surface area contributed by atoms with E-state index in [0.717, 1.165) is 37.5 Å². The van der Waals surface area contributed by atoms with Gasteiger partial charge in [-0.1, -0.05) is 13.3 Å². The van der Waals surface area contributed by atoms with Crippen LogP contribution in [0.15, 0.2) is 23.1 Å². The Bertz CT molecular complexity index is 493. The van der Waals surface area contributed by atoms with E-state index in [-0.39, 0.29) is 10.1 Å². The lowest BCUT2D eigenvalue weighted by atomic mass is 9.80. The molecule has 2 rings (SSSR count). The summed E-state index contributed by atoms with van der Waals surface area (Å²) in [5, 5.41) is 9.10. The van der Waals surface area contributed by atoms with Crippen LogP contribution < -0.4 is 0 Å². The van der Waals surface area contributed by atoms with Crippen LogP contribution >= 0.6 is 11.8 Å². The molecular weight excluding hydrogens is 282 g/mol. The van der Waals surface area contributed by atoms with Crippen molar-refractivity contribution in [3.8, 4) is 0 Å².